The number of ether oxygens (including phenoxy) is 1. The van der Waals surface area contributed by atoms with E-state index >= 15 is 0 Å². The fraction of sp³-hybridized carbons (Fsp3) is 0.625. The number of hydrogen-bond acceptors (Lipinski definition) is 4. The van der Waals surface area contributed by atoms with Gasteiger partial charge in [-0.2, -0.15) is 0 Å². The van der Waals surface area contributed by atoms with Crippen molar-refractivity contribution in [3.63, 3.8) is 0 Å². The van der Waals surface area contributed by atoms with Gasteiger partial charge in [0.1, 0.15) is 5.75 Å². The average molecular weight is 277 g/mol. The van der Waals surface area contributed by atoms with Gasteiger partial charge in [-0.15, -0.1) is 0 Å². The second kappa shape index (κ2) is 7.62. The minimum Gasteiger partial charge on any atom is -0.494 e. The lowest BCUT2D eigenvalue weighted by molar-refractivity contribution is 0.0945. The molecule has 0 bridgehead atoms. The first-order valence-corrected chi connectivity index (χ1v) is 7.53. The predicted octanol–water partition coefficient (Wildman–Crippen LogP) is 1.55. The molecule has 1 aliphatic rings. The van der Waals surface area contributed by atoms with Crippen LogP contribution in [0.4, 0.5) is 0 Å². The van der Waals surface area contributed by atoms with Gasteiger partial charge in [0, 0.05) is 38.8 Å². The molecule has 2 rings (SSSR count). The third-order valence-corrected chi connectivity index (χ3v) is 3.99. The number of benzene rings is 1. The SMILES string of the molecule is CC1CN(C)CCN1CCCOc1ccc(CN)cc1. The molecule has 112 valence electrons. The van der Waals surface area contributed by atoms with Gasteiger partial charge in [0.25, 0.3) is 0 Å². The molecular formula is C16H27N3O. The van der Waals surface area contributed by atoms with Crippen molar-refractivity contribution in [1.29, 1.82) is 0 Å². The first kappa shape index (κ1) is 15.3. The number of nitrogens with zero attached hydrogens (tertiary/aromatic N) is 2. The van der Waals surface area contributed by atoms with Crippen LogP contribution >= 0.6 is 0 Å². The standard InChI is InChI=1S/C16H27N3O/c1-14-13-18(2)9-10-19(14)8-3-11-20-16-6-4-15(12-17)5-7-16/h4-7,14H,3,8-13,17H2,1-2H3. The normalized spacial score (nSPS) is 21.1. The molecule has 1 atom stereocenters. The molecule has 20 heavy (non-hydrogen) atoms. The summed E-state index contributed by atoms with van der Waals surface area (Å²) in [5.74, 6) is 0.939. The Kier molecular flexibility index (Phi) is 5.83. The molecule has 4 nitrogen and oxygen atoms in total. The molecule has 1 saturated heterocycles. The highest BCUT2D eigenvalue weighted by Gasteiger charge is 2.20. The maximum atomic E-state index is 5.78. The van der Waals surface area contributed by atoms with E-state index in [1.165, 1.54) is 19.6 Å². The molecule has 1 unspecified atom stereocenters. The van der Waals surface area contributed by atoms with Crippen LogP contribution in [0, 0.1) is 0 Å². The summed E-state index contributed by atoms with van der Waals surface area (Å²) in [5, 5.41) is 0. The maximum Gasteiger partial charge on any atom is 0.119 e. The zero-order chi connectivity index (χ0) is 14.4. The van der Waals surface area contributed by atoms with Crippen LogP contribution in [0.15, 0.2) is 24.3 Å². The Hall–Kier alpha value is -1.10. The van der Waals surface area contributed by atoms with Crippen LogP contribution < -0.4 is 10.5 Å². The highest BCUT2D eigenvalue weighted by atomic mass is 16.5. The smallest absolute Gasteiger partial charge is 0.119 e. The molecule has 1 aromatic rings. The Bertz CT molecular complexity index is 393. The Labute approximate surface area is 122 Å². The fourth-order valence-electron chi connectivity index (χ4n) is 2.69. The van der Waals surface area contributed by atoms with Gasteiger partial charge in [0.2, 0.25) is 0 Å². The van der Waals surface area contributed by atoms with Crippen LogP contribution in [0.1, 0.15) is 18.9 Å². The molecule has 0 spiro atoms. The van der Waals surface area contributed by atoms with Gasteiger partial charge in [-0.3, -0.25) is 4.90 Å². The lowest BCUT2D eigenvalue weighted by atomic mass is 10.2. The van der Waals surface area contributed by atoms with E-state index in [2.05, 4.69) is 23.8 Å². The van der Waals surface area contributed by atoms with E-state index < -0.39 is 0 Å². The van der Waals surface area contributed by atoms with E-state index in [9.17, 15) is 0 Å². The predicted molar refractivity (Wildman–Crippen MR) is 83.0 cm³/mol. The maximum absolute atomic E-state index is 5.78. The van der Waals surface area contributed by atoms with E-state index in [1.807, 2.05) is 24.3 Å². The number of hydrogen-bond donors (Lipinski definition) is 1. The summed E-state index contributed by atoms with van der Waals surface area (Å²) in [7, 11) is 2.20. The summed E-state index contributed by atoms with van der Waals surface area (Å²) in [6.45, 7) is 8.30. The summed E-state index contributed by atoms with van der Waals surface area (Å²) in [6, 6.07) is 8.70. The Balaban J connectivity index is 1.65. The van der Waals surface area contributed by atoms with Crippen LogP contribution in [0.3, 0.4) is 0 Å². The highest BCUT2D eigenvalue weighted by molar-refractivity contribution is 5.26. The minimum atomic E-state index is 0.585. The molecule has 1 aliphatic heterocycles. The van der Waals surface area contributed by atoms with E-state index in [1.54, 1.807) is 0 Å². The van der Waals surface area contributed by atoms with Crippen molar-refractivity contribution in [2.24, 2.45) is 5.73 Å². The zero-order valence-corrected chi connectivity index (χ0v) is 12.7. The fourth-order valence-corrected chi connectivity index (χ4v) is 2.69. The molecule has 0 aromatic heterocycles. The number of rotatable bonds is 6. The van der Waals surface area contributed by atoms with Gasteiger partial charge in [0.05, 0.1) is 6.61 Å². The van der Waals surface area contributed by atoms with Gasteiger partial charge in [-0.1, -0.05) is 12.1 Å². The van der Waals surface area contributed by atoms with Gasteiger partial charge in [-0.25, -0.2) is 0 Å². The van der Waals surface area contributed by atoms with E-state index in [-0.39, 0.29) is 0 Å². The molecule has 0 amide bonds. The van der Waals surface area contributed by atoms with Crippen molar-refractivity contribution in [3.8, 4) is 5.75 Å². The van der Waals surface area contributed by atoms with E-state index in [0.717, 1.165) is 30.9 Å². The molecule has 2 N–H and O–H groups in total. The van der Waals surface area contributed by atoms with Gasteiger partial charge < -0.3 is 15.4 Å². The van der Waals surface area contributed by atoms with Crippen molar-refractivity contribution in [2.75, 3.05) is 39.8 Å². The lowest BCUT2D eigenvalue weighted by Gasteiger charge is -2.38. The molecule has 1 aromatic carbocycles. The molecule has 0 aliphatic carbocycles. The topological polar surface area (TPSA) is 41.7 Å². The zero-order valence-electron chi connectivity index (χ0n) is 12.7. The van der Waals surface area contributed by atoms with Gasteiger partial charge in [0.15, 0.2) is 0 Å². The molecule has 0 radical (unpaired) electrons. The van der Waals surface area contributed by atoms with Gasteiger partial charge in [-0.05, 0) is 38.1 Å². The third-order valence-electron chi connectivity index (χ3n) is 3.99. The monoisotopic (exact) mass is 277 g/mol. The lowest BCUT2D eigenvalue weighted by Crippen LogP contribution is -2.50. The second-order valence-corrected chi connectivity index (χ2v) is 5.70. The summed E-state index contributed by atoms with van der Waals surface area (Å²) < 4.78 is 5.78. The summed E-state index contributed by atoms with van der Waals surface area (Å²) in [6.07, 6.45) is 1.08. The van der Waals surface area contributed by atoms with E-state index in [4.69, 9.17) is 10.5 Å². The Morgan fingerprint density at radius 3 is 2.65 bits per heavy atom. The molecular weight excluding hydrogens is 250 g/mol. The first-order chi connectivity index (χ1) is 9.69. The Morgan fingerprint density at radius 2 is 2.00 bits per heavy atom. The quantitative estimate of drug-likeness (QED) is 0.801. The first-order valence-electron chi connectivity index (χ1n) is 7.53. The van der Waals surface area contributed by atoms with Crippen molar-refractivity contribution in [2.45, 2.75) is 25.9 Å². The number of likely N-dealkylation sites (N-methyl/N-ethyl adjacent to an activating group) is 1. The molecule has 1 heterocycles. The summed E-state index contributed by atoms with van der Waals surface area (Å²) in [4.78, 5) is 4.96. The van der Waals surface area contributed by atoms with Crippen LogP contribution in [-0.4, -0.2) is 55.7 Å². The van der Waals surface area contributed by atoms with Crippen LogP contribution in [0.5, 0.6) is 5.75 Å². The minimum absolute atomic E-state index is 0.585. The third kappa shape index (κ3) is 4.47. The number of nitrogens with two attached hydrogens (primary N) is 1. The largest absolute Gasteiger partial charge is 0.494 e. The Morgan fingerprint density at radius 1 is 1.25 bits per heavy atom. The van der Waals surface area contributed by atoms with Gasteiger partial charge >= 0.3 is 0 Å². The number of piperazine rings is 1. The molecule has 4 heteroatoms. The second-order valence-electron chi connectivity index (χ2n) is 5.70. The average Bonchev–Trinajstić information content (AvgIpc) is 2.46. The molecule has 0 saturated carbocycles. The van der Waals surface area contributed by atoms with Crippen LogP contribution in [0.2, 0.25) is 0 Å². The summed E-state index contributed by atoms with van der Waals surface area (Å²) >= 11 is 0. The van der Waals surface area contributed by atoms with Crippen molar-refractivity contribution >= 4 is 0 Å². The van der Waals surface area contributed by atoms with Crippen molar-refractivity contribution in [1.82, 2.24) is 9.80 Å². The van der Waals surface area contributed by atoms with Crippen molar-refractivity contribution in [3.05, 3.63) is 29.8 Å². The van der Waals surface area contributed by atoms with E-state index in [0.29, 0.717) is 12.6 Å². The summed E-state index contributed by atoms with van der Waals surface area (Å²) in [5.41, 5.74) is 6.72. The highest BCUT2D eigenvalue weighted by Crippen LogP contribution is 2.13. The molecule has 1 fully saturated rings. The van der Waals surface area contributed by atoms with Crippen LogP contribution in [0.25, 0.3) is 0 Å². The van der Waals surface area contributed by atoms with Crippen molar-refractivity contribution < 1.29 is 4.74 Å². The van der Waals surface area contributed by atoms with Crippen LogP contribution in [-0.2, 0) is 6.54 Å².